The molecule has 0 bridgehead atoms. The Kier molecular flexibility index (Phi) is 3.37. The minimum Gasteiger partial charge on any atom is -0.449 e. The van der Waals surface area contributed by atoms with Crippen LogP contribution in [0.1, 0.15) is 30.0 Å². The average Bonchev–Trinajstić information content (AvgIpc) is 2.40. The van der Waals surface area contributed by atoms with E-state index in [9.17, 15) is 4.79 Å². The number of benzene rings is 1. The second kappa shape index (κ2) is 4.96. The van der Waals surface area contributed by atoms with E-state index in [1.54, 1.807) is 6.07 Å². The lowest BCUT2D eigenvalue weighted by Crippen LogP contribution is -2.26. The van der Waals surface area contributed by atoms with Crippen LogP contribution in [0.5, 0.6) is 0 Å². The first-order chi connectivity index (χ1) is 8.59. The number of hydrogen-bond acceptors (Lipinski definition) is 4. The van der Waals surface area contributed by atoms with E-state index in [4.69, 9.17) is 4.74 Å². The molecule has 0 fully saturated rings. The van der Waals surface area contributed by atoms with Gasteiger partial charge in [0.05, 0.1) is 0 Å². The maximum atomic E-state index is 11.9. The molecule has 1 aromatic heterocycles. The summed E-state index contributed by atoms with van der Waals surface area (Å²) in [6.45, 7) is 3.67. The molecule has 2 rings (SSSR count). The molecule has 2 aromatic rings. The molecule has 0 aliphatic heterocycles. The molecule has 0 saturated carbocycles. The van der Waals surface area contributed by atoms with Gasteiger partial charge in [-0.25, -0.2) is 14.8 Å². The molecule has 0 unspecified atom stereocenters. The summed E-state index contributed by atoms with van der Waals surface area (Å²) < 4.78 is 5.45. The molecule has 92 valence electrons. The van der Waals surface area contributed by atoms with Crippen molar-refractivity contribution in [2.24, 2.45) is 0 Å². The van der Waals surface area contributed by atoms with Crippen molar-refractivity contribution < 1.29 is 9.53 Å². The van der Waals surface area contributed by atoms with E-state index in [2.05, 4.69) is 9.97 Å². The maximum Gasteiger partial charge on any atom is 0.377 e. The van der Waals surface area contributed by atoms with Crippen LogP contribution in [-0.2, 0) is 10.3 Å². The highest BCUT2D eigenvalue weighted by Gasteiger charge is 2.26. The average molecular weight is 242 g/mol. The first-order valence-corrected chi connectivity index (χ1v) is 5.65. The number of aromatic nitrogens is 2. The standard InChI is InChI=1S/C14H14N2O2/c1-14(2,11-7-4-3-5-8-11)18-13(17)12-15-9-6-10-16-12/h3-10H,1-2H3. The van der Waals surface area contributed by atoms with E-state index in [1.807, 2.05) is 44.2 Å². The fourth-order valence-corrected chi connectivity index (χ4v) is 1.58. The second-order valence-corrected chi connectivity index (χ2v) is 4.34. The third kappa shape index (κ3) is 2.71. The Morgan fingerprint density at radius 3 is 2.28 bits per heavy atom. The van der Waals surface area contributed by atoms with Gasteiger partial charge in [0.1, 0.15) is 5.60 Å². The highest BCUT2D eigenvalue weighted by Crippen LogP contribution is 2.25. The molecule has 1 aromatic carbocycles. The van der Waals surface area contributed by atoms with E-state index in [0.29, 0.717) is 0 Å². The van der Waals surface area contributed by atoms with Crippen molar-refractivity contribution in [3.8, 4) is 0 Å². The van der Waals surface area contributed by atoms with Gasteiger partial charge < -0.3 is 4.74 Å². The smallest absolute Gasteiger partial charge is 0.377 e. The predicted octanol–water partition coefficient (Wildman–Crippen LogP) is 2.57. The van der Waals surface area contributed by atoms with E-state index in [-0.39, 0.29) is 5.82 Å². The summed E-state index contributed by atoms with van der Waals surface area (Å²) in [4.78, 5) is 19.6. The SMILES string of the molecule is CC(C)(OC(=O)c1ncccn1)c1ccccc1. The fraction of sp³-hybridized carbons (Fsp3) is 0.214. The number of carbonyl (C=O) groups is 1. The van der Waals surface area contributed by atoms with E-state index in [1.165, 1.54) is 12.4 Å². The number of nitrogens with zero attached hydrogens (tertiary/aromatic N) is 2. The zero-order valence-corrected chi connectivity index (χ0v) is 10.3. The van der Waals surface area contributed by atoms with Crippen molar-refractivity contribution in [3.05, 3.63) is 60.2 Å². The van der Waals surface area contributed by atoms with Crippen molar-refractivity contribution in [1.29, 1.82) is 0 Å². The van der Waals surface area contributed by atoms with Crippen LogP contribution in [0.3, 0.4) is 0 Å². The Hall–Kier alpha value is -2.23. The Morgan fingerprint density at radius 1 is 1.06 bits per heavy atom. The van der Waals surface area contributed by atoms with Crippen LogP contribution < -0.4 is 0 Å². The quantitative estimate of drug-likeness (QED) is 0.776. The minimum absolute atomic E-state index is 0.0708. The third-order valence-electron chi connectivity index (χ3n) is 2.57. The molecule has 0 spiro atoms. The zero-order valence-electron chi connectivity index (χ0n) is 10.3. The van der Waals surface area contributed by atoms with Crippen LogP contribution in [-0.4, -0.2) is 15.9 Å². The lowest BCUT2D eigenvalue weighted by atomic mass is 9.98. The number of rotatable bonds is 3. The predicted molar refractivity (Wildman–Crippen MR) is 66.9 cm³/mol. The van der Waals surface area contributed by atoms with Crippen molar-refractivity contribution in [2.75, 3.05) is 0 Å². The lowest BCUT2D eigenvalue weighted by molar-refractivity contribution is -0.00448. The largest absolute Gasteiger partial charge is 0.449 e. The van der Waals surface area contributed by atoms with Crippen LogP contribution in [0.15, 0.2) is 48.8 Å². The van der Waals surface area contributed by atoms with Gasteiger partial charge >= 0.3 is 5.97 Å². The number of carbonyl (C=O) groups excluding carboxylic acids is 1. The van der Waals surface area contributed by atoms with E-state index < -0.39 is 11.6 Å². The monoisotopic (exact) mass is 242 g/mol. The molecular formula is C14H14N2O2. The number of hydrogen-bond donors (Lipinski definition) is 0. The topological polar surface area (TPSA) is 52.1 Å². The minimum atomic E-state index is -0.711. The molecule has 0 amide bonds. The first kappa shape index (κ1) is 12.2. The van der Waals surface area contributed by atoms with Gasteiger partial charge in [0.2, 0.25) is 5.82 Å². The normalized spacial score (nSPS) is 11.0. The summed E-state index contributed by atoms with van der Waals surface area (Å²) in [6, 6.07) is 11.2. The van der Waals surface area contributed by atoms with Crippen molar-refractivity contribution in [1.82, 2.24) is 9.97 Å². The molecular weight excluding hydrogens is 228 g/mol. The highest BCUT2D eigenvalue weighted by molar-refractivity contribution is 5.85. The summed E-state index contributed by atoms with van der Waals surface area (Å²) in [6.07, 6.45) is 3.03. The number of esters is 1. The molecule has 0 radical (unpaired) electrons. The van der Waals surface area contributed by atoms with Crippen LogP contribution in [0.25, 0.3) is 0 Å². The Bertz CT molecular complexity index is 524. The summed E-state index contributed by atoms with van der Waals surface area (Å²) in [5.41, 5.74) is 0.214. The Labute approximate surface area is 106 Å². The summed E-state index contributed by atoms with van der Waals surface area (Å²) >= 11 is 0. The first-order valence-electron chi connectivity index (χ1n) is 5.65. The molecule has 0 atom stereocenters. The van der Waals surface area contributed by atoms with Gasteiger partial charge in [-0.05, 0) is 25.5 Å². The summed E-state index contributed by atoms with van der Waals surface area (Å²) in [7, 11) is 0. The van der Waals surface area contributed by atoms with Crippen LogP contribution in [0.2, 0.25) is 0 Å². The van der Waals surface area contributed by atoms with Crippen molar-refractivity contribution in [3.63, 3.8) is 0 Å². The zero-order chi connectivity index (χ0) is 13.0. The van der Waals surface area contributed by atoms with Gasteiger partial charge in [-0.3, -0.25) is 0 Å². The molecule has 0 N–H and O–H groups in total. The summed E-state index contributed by atoms with van der Waals surface area (Å²) in [5.74, 6) is -0.453. The Balaban J connectivity index is 2.17. The molecule has 1 heterocycles. The molecule has 0 saturated heterocycles. The highest BCUT2D eigenvalue weighted by atomic mass is 16.6. The van der Waals surface area contributed by atoms with Gasteiger partial charge in [0.25, 0.3) is 0 Å². The fourth-order valence-electron chi connectivity index (χ4n) is 1.58. The van der Waals surface area contributed by atoms with Crippen molar-refractivity contribution >= 4 is 5.97 Å². The van der Waals surface area contributed by atoms with E-state index >= 15 is 0 Å². The molecule has 18 heavy (non-hydrogen) atoms. The van der Waals surface area contributed by atoms with E-state index in [0.717, 1.165) is 5.56 Å². The molecule has 4 heteroatoms. The second-order valence-electron chi connectivity index (χ2n) is 4.34. The number of ether oxygens (including phenoxy) is 1. The molecule has 0 aliphatic carbocycles. The van der Waals surface area contributed by atoms with Gasteiger partial charge in [-0.15, -0.1) is 0 Å². The third-order valence-corrected chi connectivity index (χ3v) is 2.57. The lowest BCUT2D eigenvalue weighted by Gasteiger charge is -2.25. The van der Waals surface area contributed by atoms with Crippen LogP contribution in [0, 0.1) is 0 Å². The maximum absolute atomic E-state index is 11.9. The van der Waals surface area contributed by atoms with Crippen molar-refractivity contribution in [2.45, 2.75) is 19.4 Å². The van der Waals surface area contributed by atoms with Crippen LogP contribution >= 0.6 is 0 Å². The van der Waals surface area contributed by atoms with Gasteiger partial charge in [-0.2, -0.15) is 0 Å². The van der Waals surface area contributed by atoms with Gasteiger partial charge in [0, 0.05) is 12.4 Å². The van der Waals surface area contributed by atoms with Gasteiger partial charge in [0.15, 0.2) is 0 Å². The Morgan fingerprint density at radius 2 is 1.67 bits per heavy atom. The summed E-state index contributed by atoms with van der Waals surface area (Å²) in [5, 5.41) is 0. The van der Waals surface area contributed by atoms with Gasteiger partial charge in [-0.1, -0.05) is 30.3 Å². The molecule has 0 aliphatic rings. The van der Waals surface area contributed by atoms with Crippen LogP contribution in [0.4, 0.5) is 0 Å². The molecule has 4 nitrogen and oxygen atoms in total.